The molecule has 0 saturated heterocycles. The first kappa shape index (κ1) is 28.6. The van der Waals surface area contributed by atoms with E-state index < -0.39 is 5.41 Å². The van der Waals surface area contributed by atoms with Gasteiger partial charge in [-0.3, -0.25) is 0 Å². The Labute approximate surface area is 301 Å². The Morgan fingerprint density at radius 1 is 0.314 bits per heavy atom. The van der Waals surface area contributed by atoms with Crippen molar-refractivity contribution in [1.29, 1.82) is 0 Å². The van der Waals surface area contributed by atoms with E-state index >= 15 is 0 Å². The van der Waals surface area contributed by atoms with Gasteiger partial charge in [0.2, 0.25) is 0 Å². The lowest BCUT2D eigenvalue weighted by Gasteiger charge is -2.36. The Balaban J connectivity index is 1.29. The Morgan fingerprint density at radius 2 is 0.824 bits per heavy atom. The van der Waals surface area contributed by atoms with Crippen LogP contribution in [-0.2, 0) is 5.41 Å². The van der Waals surface area contributed by atoms with E-state index in [0.29, 0.717) is 0 Å². The SMILES string of the molecule is c1ccc(N(c2ccccc2)c2ccc3c(c2)-c2ccccc2-c2ccccc2C32c3ccccc3-c3cc4sc5ccccc5c4cc32)cc1. The number of thiophene rings is 1. The van der Waals surface area contributed by atoms with Crippen LogP contribution in [0.3, 0.4) is 0 Å². The van der Waals surface area contributed by atoms with Crippen molar-refractivity contribution in [3.8, 4) is 33.4 Å². The summed E-state index contributed by atoms with van der Waals surface area (Å²) in [7, 11) is 0. The van der Waals surface area contributed by atoms with E-state index in [9.17, 15) is 0 Å². The molecule has 1 atom stereocenters. The Hall–Kier alpha value is -6.22. The van der Waals surface area contributed by atoms with Crippen LogP contribution in [0, 0.1) is 0 Å². The molecule has 0 aliphatic heterocycles. The van der Waals surface area contributed by atoms with E-state index in [0.717, 1.165) is 17.1 Å². The molecule has 2 aliphatic carbocycles. The highest BCUT2D eigenvalue weighted by Gasteiger charge is 2.50. The van der Waals surface area contributed by atoms with Crippen molar-refractivity contribution in [2.24, 2.45) is 0 Å². The molecule has 1 nitrogen and oxygen atoms in total. The molecule has 9 aromatic rings. The molecular formula is C49H31NS. The second-order valence-corrected chi connectivity index (χ2v) is 14.7. The van der Waals surface area contributed by atoms with E-state index in [4.69, 9.17) is 0 Å². The first-order valence-electron chi connectivity index (χ1n) is 17.6. The van der Waals surface area contributed by atoms with Crippen LogP contribution in [0.1, 0.15) is 22.3 Å². The molecule has 0 radical (unpaired) electrons. The van der Waals surface area contributed by atoms with E-state index in [2.05, 4.69) is 193 Å². The van der Waals surface area contributed by atoms with Crippen LogP contribution in [0.4, 0.5) is 17.1 Å². The maximum Gasteiger partial charge on any atom is 0.0725 e. The van der Waals surface area contributed by atoms with Gasteiger partial charge in [-0.2, -0.15) is 0 Å². The normalized spacial score (nSPS) is 15.1. The molecule has 0 fully saturated rings. The van der Waals surface area contributed by atoms with E-state index in [1.807, 2.05) is 11.3 Å². The second kappa shape index (κ2) is 10.9. The second-order valence-electron chi connectivity index (χ2n) is 13.6. The lowest BCUT2D eigenvalue weighted by atomic mass is 9.65. The number of rotatable bonds is 3. The van der Waals surface area contributed by atoms with Crippen molar-refractivity contribution in [2.45, 2.75) is 5.41 Å². The van der Waals surface area contributed by atoms with Crippen molar-refractivity contribution >= 4 is 48.6 Å². The molecule has 8 aromatic carbocycles. The van der Waals surface area contributed by atoms with E-state index in [1.165, 1.54) is 75.8 Å². The van der Waals surface area contributed by atoms with Crippen LogP contribution in [-0.4, -0.2) is 0 Å². The quantitative estimate of drug-likeness (QED) is 0.182. The van der Waals surface area contributed by atoms with Gasteiger partial charge in [-0.15, -0.1) is 11.3 Å². The van der Waals surface area contributed by atoms with Crippen molar-refractivity contribution in [3.63, 3.8) is 0 Å². The Morgan fingerprint density at radius 3 is 1.51 bits per heavy atom. The lowest BCUT2D eigenvalue weighted by Crippen LogP contribution is -2.29. The maximum absolute atomic E-state index is 2.54. The monoisotopic (exact) mass is 665 g/mol. The topological polar surface area (TPSA) is 3.24 Å². The fourth-order valence-electron chi connectivity index (χ4n) is 9.04. The van der Waals surface area contributed by atoms with Crippen LogP contribution in [0.15, 0.2) is 188 Å². The van der Waals surface area contributed by atoms with Gasteiger partial charge in [-0.05, 0) is 110 Å². The fraction of sp³-hybridized carbons (Fsp3) is 0.0204. The predicted octanol–water partition coefficient (Wildman–Crippen LogP) is 13.5. The number of anilines is 3. The summed E-state index contributed by atoms with van der Waals surface area (Å²) in [6, 6.07) is 69.9. The average Bonchev–Trinajstić information content (AvgIpc) is 3.67. The first-order chi connectivity index (χ1) is 25.3. The summed E-state index contributed by atoms with van der Waals surface area (Å²) in [4.78, 5) is 2.38. The van der Waals surface area contributed by atoms with Gasteiger partial charge in [0.1, 0.15) is 0 Å². The van der Waals surface area contributed by atoms with Gasteiger partial charge in [0.25, 0.3) is 0 Å². The summed E-state index contributed by atoms with van der Waals surface area (Å²) < 4.78 is 2.67. The average molecular weight is 666 g/mol. The van der Waals surface area contributed by atoms with Crippen LogP contribution >= 0.6 is 11.3 Å². The third kappa shape index (κ3) is 3.97. The Kier molecular flexibility index (Phi) is 6.11. The minimum Gasteiger partial charge on any atom is -0.310 e. The summed E-state index contributed by atoms with van der Waals surface area (Å²) in [5, 5.41) is 2.66. The van der Waals surface area contributed by atoms with Gasteiger partial charge in [0, 0.05) is 37.2 Å². The molecule has 51 heavy (non-hydrogen) atoms. The number of para-hydroxylation sites is 2. The minimum absolute atomic E-state index is 0.531. The highest BCUT2D eigenvalue weighted by molar-refractivity contribution is 7.25. The zero-order chi connectivity index (χ0) is 33.5. The molecule has 0 saturated carbocycles. The maximum atomic E-state index is 2.54. The standard InChI is InChI=1S/C49H31NS/c1-3-15-32(16-4-1)50(33-17-5-2-6-18-33)34-27-28-45-40(29-34)36-20-8-7-19-35(36)37-21-9-12-24-43(37)49(45)44-25-13-10-22-38(44)41-31-48-42(30-46(41)49)39-23-11-14-26-47(39)51-48/h1-31H. The van der Waals surface area contributed by atoms with Crippen molar-refractivity contribution in [1.82, 2.24) is 0 Å². The zero-order valence-corrected chi connectivity index (χ0v) is 28.6. The Bertz CT molecular complexity index is 2770. The van der Waals surface area contributed by atoms with Gasteiger partial charge < -0.3 is 4.90 Å². The van der Waals surface area contributed by atoms with Crippen molar-refractivity contribution < 1.29 is 0 Å². The van der Waals surface area contributed by atoms with Gasteiger partial charge >= 0.3 is 0 Å². The number of benzene rings is 8. The lowest BCUT2D eigenvalue weighted by molar-refractivity contribution is 0.776. The molecule has 0 bridgehead atoms. The largest absolute Gasteiger partial charge is 0.310 e. The summed E-state index contributed by atoms with van der Waals surface area (Å²) in [5.74, 6) is 0. The summed E-state index contributed by atoms with van der Waals surface area (Å²) in [6.45, 7) is 0. The van der Waals surface area contributed by atoms with Crippen molar-refractivity contribution in [3.05, 3.63) is 210 Å². The van der Waals surface area contributed by atoms with Crippen LogP contribution in [0.5, 0.6) is 0 Å². The molecular weight excluding hydrogens is 635 g/mol. The van der Waals surface area contributed by atoms with Crippen molar-refractivity contribution in [2.75, 3.05) is 4.90 Å². The third-order valence-electron chi connectivity index (χ3n) is 11.1. The number of hydrogen-bond acceptors (Lipinski definition) is 2. The zero-order valence-electron chi connectivity index (χ0n) is 27.8. The minimum atomic E-state index is -0.531. The first-order valence-corrected chi connectivity index (χ1v) is 18.4. The summed E-state index contributed by atoms with van der Waals surface area (Å²) in [5.41, 5.74) is 15.9. The molecule has 238 valence electrons. The van der Waals surface area contributed by atoms with E-state index in [-0.39, 0.29) is 0 Å². The fourth-order valence-corrected chi connectivity index (χ4v) is 10.2. The molecule has 2 heteroatoms. The highest BCUT2D eigenvalue weighted by atomic mass is 32.1. The van der Waals surface area contributed by atoms with Crippen LogP contribution in [0.25, 0.3) is 53.6 Å². The molecule has 1 unspecified atom stereocenters. The predicted molar refractivity (Wildman–Crippen MR) is 216 cm³/mol. The van der Waals surface area contributed by atoms with Gasteiger partial charge in [0.15, 0.2) is 0 Å². The van der Waals surface area contributed by atoms with Crippen LogP contribution in [0.2, 0.25) is 0 Å². The van der Waals surface area contributed by atoms with Gasteiger partial charge in [-0.1, -0.05) is 133 Å². The van der Waals surface area contributed by atoms with Gasteiger partial charge in [0.05, 0.1) is 5.41 Å². The molecule has 1 heterocycles. The molecule has 11 rings (SSSR count). The molecule has 1 aromatic heterocycles. The number of fused-ring (bicyclic) bond motifs is 15. The third-order valence-corrected chi connectivity index (χ3v) is 12.2. The molecule has 0 N–H and O–H groups in total. The highest BCUT2D eigenvalue weighted by Crippen LogP contribution is 2.62. The number of nitrogens with zero attached hydrogens (tertiary/aromatic N) is 1. The summed E-state index contributed by atoms with van der Waals surface area (Å²) >= 11 is 1.90. The number of hydrogen-bond donors (Lipinski definition) is 0. The molecule has 1 spiro atoms. The molecule has 2 aliphatic rings. The smallest absolute Gasteiger partial charge is 0.0725 e. The summed E-state index contributed by atoms with van der Waals surface area (Å²) in [6.07, 6.45) is 0. The van der Waals surface area contributed by atoms with Gasteiger partial charge in [-0.25, -0.2) is 0 Å². The van der Waals surface area contributed by atoms with E-state index in [1.54, 1.807) is 0 Å². The molecule has 0 amide bonds. The van der Waals surface area contributed by atoms with Crippen LogP contribution < -0.4 is 4.90 Å².